The van der Waals surface area contributed by atoms with Crippen LogP contribution in [0.4, 0.5) is 5.69 Å². The van der Waals surface area contributed by atoms with Gasteiger partial charge in [-0.1, -0.05) is 62.4 Å². The number of allylic oxidation sites excluding steroid dienone is 1. The first-order valence-corrected chi connectivity index (χ1v) is 12.1. The monoisotopic (exact) mass is 508 g/mol. The first-order chi connectivity index (χ1) is 17.6. The van der Waals surface area contributed by atoms with Gasteiger partial charge >= 0.3 is 11.9 Å². The number of ether oxygens (including phenoxy) is 3. The Balaban J connectivity index is 2.03. The number of nitrogens with zero attached hydrogens (tertiary/aromatic N) is 2. The van der Waals surface area contributed by atoms with E-state index in [1.165, 1.54) is 19.2 Å². The molecule has 0 aliphatic carbocycles. The summed E-state index contributed by atoms with van der Waals surface area (Å²) in [5.74, 6) is -3.28. The van der Waals surface area contributed by atoms with Crippen LogP contribution in [0.5, 0.6) is 0 Å². The lowest BCUT2D eigenvalue weighted by molar-refractivity contribution is -0.385. The molecular formula is C28H32N2O7. The van der Waals surface area contributed by atoms with Crippen LogP contribution in [-0.4, -0.2) is 42.9 Å². The number of carbonyl (C=O) groups is 2. The summed E-state index contributed by atoms with van der Waals surface area (Å²) in [6.07, 6.45) is -0.517. The highest BCUT2D eigenvalue weighted by atomic mass is 16.6. The number of para-hydroxylation sites is 1. The number of hydrogen-bond acceptors (Lipinski definition) is 8. The van der Waals surface area contributed by atoms with E-state index in [1.807, 2.05) is 44.2 Å². The molecule has 0 saturated carbocycles. The molecule has 0 spiro atoms. The van der Waals surface area contributed by atoms with Crippen LogP contribution in [-0.2, 0) is 23.8 Å². The smallest absolute Gasteiger partial charge is 0.336 e. The van der Waals surface area contributed by atoms with Gasteiger partial charge in [0.15, 0.2) is 0 Å². The summed E-state index contributed by atoms with van der Waals surface area (Å²) in [7, 11) is 1.52. The van der Waals surface area contributed by atoms with Crippen LogP contribution >= 0.6 is 0 Å². The largest absolute Gasteiger partial charge is 0.465 e. The van der Waals surface area contributed by atoms with Crippen molar-refractivity contribution in [3.8, 4) is 0 Å². The zero-order chi connectivity index (χ0) is 27.1. The standard InChI is InChI=1S/C28H32N2O7/c1-17(2)15-36-27(31)24-18(3)29-19(4)25(26(24)21-13-9-10-14-22(21)30(33)34)28(32)37-16-23(35-5)20-11-7-6-8-12-20/h6-14,17,23-24,26H,15-16H2,1-5H3. The lowest BCUT2D eigenvalue weighted by Gasteiger charge is -2.31. The molecule has 0 saturated heterocycles. The molecule has 0 bridgehead atoms. The molecule has 0 aromatic heterocycles. The minimum Gasteiger partial charge on any atom is -0.465 e. The number of carbonyl (C=O) groups excluding carboxylic acids is 2. The van der Waals surface area contributed by atoms with Crippen molar-refractivity contribution in [2.75, 3.05) is 20.3 Å². The topological polar surface area (TPSA) is 117 Å². The quantitative estimate of drug-likeness (QED) is 0.247. The molecule has 1 aliphatic rings. The Kier molecular flexibility index (Phi) is 9.30. The SMILES string of the molecule is COC(COC(=O)C1=C(C)N=C(C)C(C(=O)OCC(C)C)C1c1ccccc1[N+](=O)[O-])c1ccccc1. The number of nitro groups is 1. The van der Waals surface area contributed by atoms with Crippen LogP contribution in [0, 0.1) is 22.0 Å². The Bertz CT molecular complexity index is 1200. The zero-order valence-electron chi connectivity index (χ0n) is 21.7. The predicted octanol–water partition coefficient (Wildman–Crippen LogP) is 5.17. The van der Waals surface area contributed by atoms with Gasteiger partial charge < -0.3 is 14.2 Å². The molecule has 0 radical (unpaired) electrons. The van der Waals surface area contributed by atoms with Gasteiger partial charge in [-0.25, -0.2) is 4.79 Å². The zero-order valence-corrected chi connectivity index (χ0v) is 21.7. The molecule has 1 heterocycles. The van der Waals surface area contributed by atoms with Crippen molar-refractivity contribution in [2.45, 2.75) is 39.7 Å². The number of methoxy groups -OCH3 is 1. The van der Waals surface area contributed by atoms with Gasteiger partial charge in [0.05, 0.1) is 17.1 Å². The van der Waals surface area contributed by atoms with E-state index in [1.54, 1.807) is 26.0 Å². The van der Waals surface area contributed by atoms with Crippen molar-refractivity contribution in [3.63, 3.8) is 0 Å². The van der Waals surface area contributed by atoms with Crippen LogP contribution in [0.1, 0.15) is 50.8 Å². The second-order valence-electron chi connectivity index (χ2n) is 9.28. The molecule has 0 N–H and O–H groups in total. The summed E-state index contributed by atoms with van der Waals surface area (Å²) < 4.78 is 16.7. The molecule has 0 amide bonds. The summed E-state index contributed by atoms with van der Waals surface area (Å²) in [6.45, 7) is 7.17. The Hall–Kier alpha value is -3.85. The summed E-state index contributed by atoms with van der Waals surface area (Å²) in [6, 6.07) is 15.4. The fourth-order valence-corrected chi connectivity index (χ4v) is 4.40. The third-order valence-electron chi connectivity index (χ3n) is 6.15. The molecule has 3 atom stereocenters. The van der Waals surface area contributed by atoms with Gasteiger partial charge in [-0.3, -0.25) is 19.9 Å². The molecule has 2 aromatic rings. The van der Waals surface area contributed by atoms with Gasteiger partial charge in [0.2, 0.25) is 0 Å². The van der Waals surface area contributed by atoms with Crippen molar-refractivity contribution in [1.29, 1.82) is 0 Å². The van der Waals surface area contributed by atoms with E-state index in [2.05, 4.69) is 4.99 Å². The molecule has 196 valence electrons. The number of benzene rings is 2. The highest BCUT2D eigenvalue weighted by Crippen LogP contribution is 2.43. The second kappa shape index (κ2) is 12.4. The normalized spacial score (nSPS) is 18.3. The summed E-state index contributed by atoms with van der Waals surface area (Å²) >= 11 is 0. The van der Waals surface area contributed by atoms with E-state index in [0.29, 0.717) is 11.4 Å². The Morgan fingerprint density at radius 3 is 2.27 bits per heavy atom. The van der Waals surface area contributed by atoms with Gasteiger partial charge in [-0.15, -0.1) is 0 Å². The van der Waals surface area contributed by atoms with E-state index < -0.39 is 34.8 Å². The lowest BCUT2D eigenvalue weighted by atomic mass is 9.75. The Morgan fingerprint density at radius 2 is 1.65 bits per heavy atom. The maximum Gasteiger partial charge on any atom is 0.336 e. The molecule has 2 aromatic carbocycles. The van der Waals surface area contributed by atoms with Gasteiger partial charge in [-0.05, 0) is 25.3 Å². The average molecular weight is 509 g/mol. The fraction of sp³-hybridized carbons (Fsp3) is 0.393. The van der Waals surface area contributed by atoms with Gasteiger partial charge in [0.1, 0.15) is 18.6 Å². The summed E-state index contributed by atoms with van der Waals surface area (Å²) in [5, 5.41) is 11.9. The van der Waals surface area contributed by atoms with E-state index in [-0.39, 0.29) is 36.0 Å². The van der Waals surface area contributed by atoms with E-state index in [0.717, 1.165) is 5.56 Å². The lowest BCUT2D eigenvalue weighted by Crippen LogP contribution is -2.37. The molecule has 9 heteroatoms. The highest BCUT2D eigenvalue weighted by molar-refractivity contribution is 6.07. The molecular weight excluding hydrogens is 476 g/mol. The number of hydrogen-bond donors (Lipinski definition) is 0. The number of rotatable bonds is 10. The predicted molar refractivity (Wildman–Crippen MR) is 138 cm³/mol. The Morgan fingerprint density at radius 1 is 1.00 bits per heavy atom. The first kappa shape index (κ1) is 27.7. The van der Waals surface area contributed by atoms with Crippen LogP contribution in [0.25, 0.3) is 0 Å². The highest BCUT2D eigenvalue weighted by Gasteiger charge is 2.45. The third-order valence-corrected chi connectivity index (χ3v) is 6.15. The van der Waals surface area contributed by atoms with E-state index >= 15 is 0 Å². The van der Waals surface area contributed by atoms with Crippen LogP contribution in [0.15, 0.2) is 70.9 Å². The van der Waals surface area contributed by atoms with Crippen LogP contribution in [0.2, 0.25) is 0 Å². The second-order valence-corrected chi connectivity index (χ2v) is 9.28. The number of nitro benzene ring substituents is 1. The van der Waals surface area contributed by atoms with Crippen molar-refractivity contribution < 1.29 is 28.7 Å². The van der Waals surface area contributed by atoms with Crippen LogP contribution < -0.4 is 0 Å². The van der Waals surface area contributed by atoms with Crippen molar-refractivity contribution in [2.24, 2.45) is 16.8 Å². The van der Waals surface area contributed by atoms with Crippen LogP contribution in [0.3, 0.4) is 0 Å². The Labute approximate surface area is 216 Å². The minimum absolute atomic E-state index is 0.0781. The average Bonchev–Trinajstić information content (AvgIpc) is 2.87. The molecule has 37 heavy (non-hydrogen) atoms. The van der Waals surface area contributed by atoms with Crippen molar-refractivity contribution in [1.82, 2.24) is 0 Å². The first-order valence-electron chi connectivity index (χ1n) is 12.1. The number of esters is 2. The van der Waals surface area contributed by atoms with Gasteiger partial charge in [-0.2, -0.15) is 0 Å². The maximum absolute atomic E-state index is 13.5. The molecule has 1 aliphatic heterocycles. The summed E-state index contributed by atoms with van der Waals surface area (Å²) in [4.78, 5) is 42.7. The van der Waals surface area contributed by atoms with E-state index in [4.69, 9.17) is 14.2 Å². The van der Waals surface area contributed by atoms with Crippen molar-refractivity contribution in [3.05, 3.63) is 87.1 Å². The minimum atomic E-state index is -1.03. The summed E-state index contributed by atoms with van der Waals surface area (Å²) in [5.41, 5.74) is 1.64. The molecule has 3 unspecified atom stereocenters. The maximum atomic E-state index is 13.5. The molecule has 0 fully saturated rings. The fourth-order valence-electron chi connectivity index (χ4n) is 4.40. The molecule has 3 rings (SSSR count). The van der Waals surface area contributed by atoms with E-state index in [9.17, 15) is 19.7 Å². The van der Waals surface area contributed by atoms with Gasteiger partial charge in [0, 0.05) is 36.1 Å². The van der Waals surface area contributed by atoms with Gasteiger partial charge in [0.25, 0.3) is 5.69 Å². The number of aliphatic imine (C=N–C) groups is 1. The molecule has 9 nitrogen and oxygen atoms in total. The van der Waals surface area contributed by atoms with Crippen molar-refractivity contribution >= 4 is 23.3 Å². The third kappa shape index (κ3) is 6.48.